The average molecular weight is 475 g/mol. The van der Waals surface area contributed by atoms with Crippen molar-refractivity contribution in [3.63, 3.8) is 0 Å². The van der Waals surface area contributed by atoms with Crippen LogP contribution in [0, 0.1) is 0 Å². The topological polar surface area (TPSA) is 93.7 Å². The highest BCUT2D eigenvalue weighted by Crippen LogP contribution is 2.08. The molecule has 7 heteroatoms. The summed E-state index contributed by atoms with van der Waals surface area (Å²) in [4.78, 5) is 37.2. The van der Waals surface area contributed by atoms with Crippen molar-refractivity contribution in [3.8, 4) is 0 Å². The van der Waals surface area contributed by atoms with Crippen molar-refractivity contribution in [1.82, 2.24) is 10.6 Å². The van der Waals surface area contributed by atoms with Crippen molar-refractivity contribution in [2.24, 2.45) is 0 Å². The second-order valence-electron chi connectivity index (χ2n) is 7.97. The van der Waals surface area contributed by atoms with Crippen molar-refractivity contribution in [2.75, 3.05) is 6.54 Å². The Balaban J connectivity index is 1.47. The van der Waals surface area contributed by atoms with Gasteiger partial charge in [0.1, 0.15) is 19.3 Å². The van der Waals surface area contributed by atoms with Crippen molar-refractivity contribution in [2.45, 2.75) is 38.5 Å². The Morgan fingerprint density at radius 3 is 1.83 bits per heavy atom. The van der Waals surface area contributed by atoms with Gasteiger partial charge in [0.05, 0.1) is 0 Å². The molecule has 0 saturated heterocycles. The standard InChI is InChI=1S/C28H30N2O5/c31-26(24-16-8-3-9-17-24)29-19-11-10-18-25(27(32)34-20-22-12-4-1-5-13-22)30-28(33)35-21-23-14-6-2-7-15-23/h1-9,12-17,25H,10-11,18-21H2,(H,29,31)(H,30,33)/t25-/m0/s1. The molecule has 0 aliphatic heterocycles. The van der Waals surface area contributed by atoms with Crippen LogP contribution in [0.15, 0.2) is 91.0 Å². The summed E-state index contributed by atoms with van der Waals surface area (Å²) in [5.41, 5.74) is 2.30. The summed E-state index contributed by atoms with van der Waals surface area (Å²) in [6, 6.07) is 26.7. The van der Waals surface area contributed by atoms with Gasteiger partial charge in [-0.25, -0.2) is 9.59 Å². The summed E-state index contributed by atoms with van der Waals surface area (Å²) < 4.78 is 10.7. The number of rotatable bonds is 12. The molecule has 0 saturated carbocycles. The highest BCUT2D eigenvalue weighted by atomic mass is 16.6. The fourth-order valence-corrected chi connectivity index (χ4v) is 3.35. The van der Waals surface area contributed by atoms with Crippen LogP contribution in [0.3, 0.4) is 0 Å². The van der Waals surface area contributed by atoms with Crippen molar-refractivity contribution < 1.29 is 23.9 Å². The Morgan fingerprint density at radius 2 is 1.23 bits per heavy atom. The maximum atomic E-state index is 12.7. The molecule has 2 N–H and O–H groups in total. The van der Waals surface area contributed by atoms with E-state index >= 15 is 0 Å². The van der Waals surface area contributed by atoms with E-state index in [9.17, 15) is 14.4 Å². The summed E-state index contributed by atoms with van der Waals surface area (Å²) in [6.45, 7) is 0.673. The first-order chi connectivity index (χ1) is 17.1. The molecule has 35 heavy (non-hydrogen) atoms. The first-order valence-corrected chi connectivity index (χ1v) is 11.6. The van der Waals surface area contributed by atoms with Crippen molar-refractivity contribution in [1.29, 1.82) is 0 Å². The van der Waals surface area contributed by atoms with Gasteiger partial charge in [-0.05, 0) is 42.5 Å². The second kappa shape index (κ2) is 14.2. The van der Waals surface area contributed by atoms with Crippen LogP contribution in [0.5, 0.6) is 0 Å². The molecule has 0 spiro atoms. The molecule has 1 atom stereocenters. The van der Waals surface area contributed by atoms with E-state index in [1.807, 2.05) is 78.9 Å². The van der Waals surface area contributed by atoms with E-state index in [0.29, 0.717) is 31.4 Å². The third-order valence-electron chi connectivity index (χ3n) is 5.25. The van der Waals surface area contributed by atoms with Gasteiger partial charge in [-0.2, -0.15) is 0 Å². The van der Waals surface area contributed by atoms with E-state index in [-0.39, 0.29) is 19.1 Å². The summed E-state index contributed by atoms with van der Waals surface area (Å²) in [7, 11) is 0. The van der Waals surface area contributed by atoms with E-state index < -0.39 is 18.1 Å². The summed E-state index contributed by atoms with van der Waals surface area (Å²) in [6.07, 6.45) is 0.906. The molecule has 7 nitrogen and oxygen atoms in total. The third kappa shape index (κ3) is 9.33. The molecule has 0 bridgehead atoms. The number of esters is 1. The largest absolute Gasteiger partial charge is 0.459 e. The van der Waals surface area contributed by atoms with Crippen molar-refractivity contribution >= 4 is 18.0 Å². The lowest BCUT2D eigenvalue weighted by molar-refractivity contribution is -0.147. The monoisotopic (exact) mass is 474 g/mol. The minimum atomic E-state index is -0.855. The molecule has 0 aliphatic rings. The molecular weight excluding hydrogens is 444 g/mol. The Bertz CT molecular complexity index is 1060. The molecule has 3 rings (SSSR count). The van der Waals surface area contributed by atoms with Crippen LogP contribution in [-0.2, 0) is 27.5 Å². The number of carbonyl (C=O) groups is 3. The molecule has 0 unspecified atom stereocenters. The molecule has 3 aromatic carbocycles. The predicted octanol–water partition coefficient (Wildman–Crippen LogP) is 4.63. The van der Waals surface area contributed by atoms with E-state index in [1.165, 1.54) is 0 Å². The molecule has 0 aliphatic carbocycles. The average Bonchev–Trinajstić information content (AvgIpc) is 2.91. The number of hydrogen-bond acceptors (Lipinski definition) is 5. The van der Waals surface area contributed by atoms with Gasteiger partial charge >= 0.3 is 12.1 Å². The zero-order valence-corrected chi connectivity index (χ0v) is 19.5. The van der Waals surface area contributed by atoms with Crippen LogP contribution >= 0.6 is 0 Å². The SMILES string of the molecule is O=C(N[C@@H](CCCCNC(=O)c1ccccc1)C(=O)OCc1ccccc1)OCc1ccccc1. The Kier molecular flexibility index (Phi) is 10.3. The highest BCUT2D eigenvalue weighted by molar-refractivity contribution is 5.94. The van der Waals surface area contributed by atoms with Crippen LogP contribution in [0.25, 0.3) is 0 Å². The minimum Gasteiger partial charge on any atom is -0.459 e. The Hall–Kier alpha value is -4.13. The molecular formula is C28H30N2O5. The predicted molar refractivity (Wildman–Crippen MR) is 132 cm³/mol. The molecule has 0 aromatic heterocycles. The molecule has 0 radical (unpaired) electrons. The number of benzene rings is 3. The zero-order valence-electron chi connectivity index (χ0n) is 19.5. The van der Waals surface area contributed by atoms with Gasteiger partial charge in [-0.3, -0.25) is 4.79 Å². The summed E-state index contributed by atoms with van der Waals surface area (Å²) >= 11 is 0. The van der Waals surface area contributed by atoms with Crippen LogP contribution < -0.4 is 10.6 Å². The third-order valence-corrected chi connectivity index (χ3v) is 5.25. The van der Waals surface area contributed by atoms with Gasteiger partial charge in [-0.15, -0.1) is 0 Å². The van der Waals surface area contributed by atoms with E-state index in [0.717, 1.165) is 11.1 Å². The number of amides is 2. The first kappa shape index (κ1) is 25.5. The number of nitrogens with one attached hydrogen (secondary N) is 2. The van der Waals surface area contributed by atoms with Crippen LogP contribution in [0.4, 0.5) is 4.79 Å². The number of unbranched alkanes of at least 4 members (excludes halogenated alkanes) is 1. The van der Waals surface area contributed by atoms with Crippen LogP contribution in [0.1, 0.15) is 40.7 Å². The fourth-order valence-electron chi connectivity index (χ4n) is 3.35. The molecule has 3 aromatic rings. The first-order valence-electron chi connectivity index (χ1n) is 11.6. The number of alkyl carbamates (subject to hydrolysis) is 1. The molecule has 0 heterocycles. The molecule has 182 valence electrons. The van der Waals surface area contributed by atoms with Gasteiger partial charge in [0.15, 0.2) is 0 Å². The molecule has 2 amide bonds. The number of hydrogen-bond donors (Lipinski definition) is 2. The van der Waals surface area contributed by atoms with E-state index in [2.05, 4.69) is 10.6 Å². The zero-order chi connectivity index (χ0) is 24.7. The van der Waals surface area contributed by atoms with E-state index in [1.54, 1.807) is 12.1 Å². The number of ether oxygens (including phenoxy) is 2. The lowest BCUT2D eigenvalue weighted by atomic mass is 10.1. The highest BCUT2D eigenvalue weighted by Gasteiger charge is 2.23. The van der Waals surface area contributed by atoms with Crippen LogP contribution in [-0.4, -0.2) is 30.6 Å². The maximum absolute atomic E-state index is 12.7. The van der Waals surface area contributed by atoms with Gasteiger partial charge in [-0.1, -0.05) is 78.9 Å². The normalized spacial score (nSPS) is 11.2. The van der Waals surface area contributed by atoms with Gasteiger partial charge in [0.25, 0.3) is 5.91 Å². The van der Waals surface area contributed by atoms with E-state index in [4.69, 9.17) is 9.47 Å². The Labute approximate surface area is 205 Å². The Morgan fingerprint density at radius 1 is 0.686 bits per heavy atom. The summed E-state index contributed by atoms with van der Waals surface area (Å²) in [5.74, 6) is -0.675. The maximum Gasteiger partial charge on any atom is 0.408 e. The lowest BCUT2D eigenvalue weighted by Gasteiger charge is -2.18. The quantitative estimate of drug-likeness (QED) is 0.295. The van der Waals surface area contributed by atoms with Crippen LogP contribution in [0.2, 0.25) is 0 Å². The smallest absolute Gasteiger partial charge is 0.408 e. The molecule has 0 fully saturated rings. The fraction of sp³-hybridized carbons (Fsp3) is 0.250. The number of carbonyl (C=O) groups excluding carboxylic acids is 3. The van der Waals surface area contributed by atoms with Gasteiger partial charge in [0.2, 0.25) is 0 Å². The van der Waals surface area contributed by atoms with Crippen molar-refractivity contribution in [3.05, 3.63) is 108 Å². The lowest BCUT2D eigenvalue weighted by Crippen LogP contribution is -2.42. The van der Waals surface area contributed by atoms with Gasteiger partial charge in [0, 0.05) is 12.1 Å². The minimum absolute atomic E-state index is 0.101. The summed E-state index contributed by atoms with van der Waals surface area (Å²) in [5, 5.41) is 5.49. The second-order valence-corrected chi connectivity index (χ2v) is 7.97. The van der Waals surface area contributed by atoms with Gasteiger partial charge < -0.3 is 20.1 Å².